The van der Waals surface area contributed by atoms with Crippen LogP contribution in [0.3, 0.4) is 0 Å². The molecule has 1 aromatic rings. The molecule has 2 amide bonds. The van der Waals surface area contributed by atoms with Gasteiger partial charge in [0.15, 0.2) is 0 Å². The molecule has 1 fully saturated rings. The number of hydrogen-bond acceptors (Lipinski definition) is 3. The van der Waals surface area contributed by atoms with Crippen molar-refractivity contribution in [3.63, 3.8) is 0 Å². The fraction of sp³-hybridized carbons (Fsp3) is 0.444. The average Bonchev–Trinajstić information content (AvgIpc) is 2.54. The van der Waals surface area contributed by atoms with Crippen LogP contribution in [0.15, 0.2) is 35.9 Å². The van der Waals surface area contributed by atoms with Crippen molar-refractivity contribution < 1.29 is 14.3 Å². The molecule has 1 aromatic carbocycles. The summed E-state index contributed by atoms with van der Waals surface area (Å²) < 4.78 is 5.64. The minimum absolute atomic E-state index is 0.0272. The SMILES string of the molecule is CC(C)=CCOc1cccc(C(=O)N2CCC(C(N)=O)CC2)c1. The Morgan fingerprint density at radius 2 is 2.00 bits per heavy atom. The molecule has 0 bridgehead atoms. The molecule has 0 radical (unpaired) electrons. The maximum absolute atomic E-state index is 12.6. The third-order valence-corrected chi connectivity index (χ3v) is 4.01. The van der Waals surface area contributed by atoms with Crippen LogP contribution in [-0.4, -0.2) is 36.4 Å². The topological polar surface area (TPSA) is 72.6 Å². The molecule has 1 heterocycles. The lowest BCUT2D eigenvalue weighted by Crippen LogP contribution is -2.41. The van der Waals surface area contributed by atoms with Crippen LogP contribution >= 0.6 is 0 Å². The molecule has 1 aliphatic rings. The van der Waals surface area contributed by atoms with Crippen LogP contribution < -0.4 is 10.5 Å². The van der Waals surface area contributed by atoms with Crippen molar-refractivity contribution >= 4 is 11.8 Å². The van der Waals surface area contributed by atoms with E-state index in [0.717, 1.165) is 0 Å². The Hall–Kier alpha value is -2.30. The molecule has 1 aliphatic heterocycles. The van der Waals surface area contributed by atoms with Crippen molar-refractivity contribution in [1.29, 1.82) is 0 Å². The van der Waals surface area contributed by atoms with E-state index in [0.29, 0.717) is 43.9 Å². The van der Waals surface area contributed by atoms with Gasteiger partial charge in [-0.25, -0.2) is 0 Å². The monoisotopic (exact) mass is 316 g/mol. The third-order valence-electron chi connectivity index (χ3n) is 4.01. The van der Waals surface area contributed by atoms with Crippen LogP contribution in [0, 0.1) is 5.92 Å². The molecule has 0 aliphatic carbocycles. The van der Waals surface area contributed by atoms with Crippen LogP contribution in [-0.2, 0) is 4.79 Å². The number of primary amides is 1. The van der Waals surface area contributed by atoms with Gasteiger partial charge >= 0.3 is 0 Å². The van der Waals surface area contributed by atoms with E-state index in [1.54, 1.807) is 17.0 Å². The van der Waals surface area contributed by atoms with Gasteiger partial charge in [-0.1, -0.05) is 11.6 Å². The van der Waals surface area contributed by atoms with Crippen LogP contribution in [0.1, 0.15) is 37.0 Å². The van der Waals surface area contributed by atoms with E-state index in [1.165, 1.54) is 5.57 Å². The molecule has 5 nitrogen and oxygen atoms in total. The smallest absolute Gasteiger partial charge is 0.253 e. The van der Waals surface area contributed by atoms with E-state index in [4.69, 9.17) is 10.5 Å². The molecule has 2 N–H and O–H groups in total. The Labute approximate surface area is 137 Å². The second-order valence-corrected chi connectivity index (χ2v) is 6.09. The number of rotatable bonds is 5. The fourth-order valence-electron chi connectivity index (χ4n) is 2.57. The maximum Gasteiger partial charge on any atom is 0.253 e. The van der Waals surface area contributed by atoms with E-state index < -0.39 is 0 Å². The molecule has 0 spiro atoms. The summed E-state index contributed by atoms with van der Waals surface area (Å²) in [7, 11) is 0. The molecule has 23 heavy (non-hydrogen) atoms. The molecule has 2 rings (SSSR count). The number of nitrogens with two attached hydrogens (primary N) is 1. The zero-order valence-electron chi connectivity index (χ0n) is 13.7. The van der Waals surface area contributed by atoms with Gasteiger partial charge in [0.1, 0.15) is 12.4 Å². The summed E-state index contributed by atoms with van der Waals surface area (Å²) in [5.74, 6) is 0.269. The van der Waals surface area contributed by atoms with Gasteiger partial charge in [0, 0.05) is 24.6 Å². The number of amides is 2. The zero-order chi connectivity index (χ0) is 16.8. The summed E-state index contributed by atoms with van der Waals surface area (Å²) in [4.78, 5) is 25.5. The second kappa shape index (κ2) is 7.81. The van der Waals surface area contributed by atoms with E-state index in [9.17, 15) is 9.59 Å². The van der Waals surface area contributed by atoms with Gasteiger partial charge in [0.05, 0.1) is 0 Å². The van der Waals surface area contributed by atoms with Gasteiger partial charge in [0.25, 0.3) is 5.91 Å². The van der Waals surface area contributed by atoms with Gasteiger partial charge in [0.2, 0.25) is 5.91 Å². The fourth-order valence-corrected chi connectivity index (χ4v) is 2.57. The van der Waals surface area contributed by atoms with Crippen molar-refractivity contribution in [1.82, 2.24) is 4.90 Å². The van der Waals surface area contributed by atoms with Crippen molar-refractivity contribution in [2.45, 2.75) is 26.7 Å². The highest BCUT2D eigenvalue weighted by atomic mass is 16.5. The zero-order valence-corrected chi connectivity index (χ0v) is 13.7. The van der Waals surface area contributed by atoms with E-state index in [1.807, 2.05) is 32.1 Å². The van der Waals surface area contributed by atoms with Crippen LogP contribution in [0.4, 0.5) is 0 Å². The Balaban J connectivity index is 1.97. The second-order valence-electron chi connectivity index (χ2n) is 6.09. The number of carbonyl (C=O) groups excluding carboxylic acids is 2. The largest absolute Gasteiger partial charge is 0.490 e. The van der Waals surface area contributed by atoms with E-state index in [-0.39, 0.29) is 17.7 Å². The Morgan fingerprint density at radius 3 is 2.61 bits per heavy atom. The first-order chi connectivity index (χ1) is 11.0. The highest BCUT2D eigenvalue weighted by Gasteiger charge is 2.26. The molecule has 124 valence electrons. The van der Waals surface area contributed by atoms with Crippen molar-refractivity contribution in [3.8, 4) is 5.75 Å². The first-order valence-electron chi connectivity index (χ1n) is 7.92. The lowest BCUT2D eigenvalue weighted by atomic mass is 9.96. The van der Waals surface area contributed by atoms with Crippen LogP contribution in [0.5, 0.6) is 5.75 Å². The highest BCUT2D eigenvalue weighted by Crippen LogP contribution is 2.20. The molecule has 0 saturated carbocycles. The molecular formula is C18H24N2O3. The van der Waals surface area contributed by atoms with Gasteiger partial charge < -0.3 is 15.4 Å². The normalized spacial score (nSPS) is 15.1. The third kappa shape index (κ3) is 4.84. The van der Waals surface area contributed by atoms with Crippen LogP contribution in [0.25, 0.3) is 0 Å². The molecule has 0 atom stereocenters. The van der Waals surface area contributed by atoms with Crippen molar-refractivity contribution in [2.24, 2.45) is 11.7 Å². The maximum atomic E-state index is 12.6. The number of allylic oxidation sites excluding steroid dienone is 1. The lowest BCUT2D eigenvalue weighted by Gasteiger charge is -2.30. The quantitative estimate of drug-likeness (QED) is 0.848. The van der Waals surface area contributed by atoms with Crippen LogP contribution in [0.2, 0.25) is 0 Å². The van der Waals surface area contributed by atoms with Gasteiger partial charge in [-0.2, -0.15) is 0 Å². The predicted molar refractivity (Wildman–Crippen MR) is 89.2 cm³/mol. The number of hydrogen-bond donors (Lipinski definition) is 1. The summed E-state index contributed by atoms with van der Waals surface area (Å²) in [5.41, 5.74) is 7.12. The number of likely N-dealkylation sites (tertiary alicyclic amines) is 1. The van der Waals surface area contributed by atoms with Gasteiger partial charge in [-0.3, -0.25) is 9.59 Å². The minimum atomic E-state index is -0.272. The average molecular weight is 316 g/mol. The van der Waals surface area contributed by atoms with Crippen molar-refractivity contribution in [3.05, 3.63) is 41.5 Å². The summed E-state index contributed by atoms with van der Waals surface area (Å²) in [6.45, 7) is 5.65. The highest BCUT2D eigenvalue weighted by molar-refractivity contribution is 5.94. The Morgan fingerprint density at radius 1 is 1.30 bits per heavy atom. The first kappa shape index (κ1) is 17.1. The summed E-state index contributed by atoms with van der Waals surface area (Å²) >= 11 is 0. The Kier molecular flexibility index (Phi) is 5.79. The minimum Gasteiger partial charge on any atom is -0.490 e. The molecular weight excluding hydrogens is 292 g/mol. The van der Waals surface area contributed by atoms with E-state index in [2.05, 4.69) is 0 Å². The first-order valence-corrected chi connectivity index (χ1v) is 7.92. The summed E-state index contributed by atoms with van der Waals surface area (Å²) in [5, 5.41) is 0. The predicted octanol–water partition coefficient (Wildman–Crippen LogP) is 2.37. The number of piperidine rings is 1. The summed E-state index contributed by atoms with van der Waals surface area (Å²) in [6, 6.07) is 7.22. The molecule has 1 saturated heterocycles. The number of nitrogens with zero attached hydrogens (tertiary/aromatic N) is 1. The Bertz CT molecular complexity index is 598. The lowest BCUT2D eigenvalue weighted by molar-refractivity contribution is -0.123. The molecule has 5 heteroatoms. The number of carbonyl (C=O) groups is 2. The molecule has 0 aromatic heterocycles. The summed E-state index contributed by atoms with van der Waals surface area (Å²) in [6.07, 6.45) is 3.26. The standard InChI is InChI=1S/C18H24N2O3/c1-13(2)8-11-23-16-5-3-4-15(12-16)18(22)20-9-6-14(7-10-20)17(19)21/h3-5,8,12,14H,6-7,9-11H2,1-2H3,(H2,19,21). The van der Waals surface area contributed by atoms with E-state index >= 15 is 0 Å². The number of benzene rings is 1. The molecule has 0 unspecified atom stereocenters. The van der Waals surface area contributed by atoms with Gasteiger partial charge in [-0.15, -0.1) is 0 Å². The van der Waals surface area contributed by atoms with Gasteiger partial charge in [-0.05, 0) is 51.0 Å². The number of ether oxygens (including phenoxy) is 1. The van der Waals surface area contributed by atoms with Crippen molar-refractivity contribution in [2.75, 3.05) is 19.7 Å².